The first-order valence-electron chi connectivity index (χ1n) is 10.3. The highest BCUT2D eigenvalue weighted by Gasteiger charge is 2.27. The van der Waals surface area contributed by atoms with Gasteiger partial charge >= 0.3 is 0 Å². The fraction of sp³-hybridized carbons (Fsp3) is 0.500. The predicted octanol–water partition coefficient (Wildman–Crippen LogP) is 2.97. The van der Waals surface area contributed by atoms with Gasteiger partial charge in [0.05, 0.1) is 5.69 Å². The van der Waals surface area contributed by atoms with Crippen LogP contribution in [0.2, 0.25) is 0 Å². The van der Waals surface area contributed by atoms with Gasteiger partial charge in [-0.15, -0.1) is 0 Å². The van der Waals surface area contributed by atoms with Crippen molar-refractivity contribution in [3.63, 3.8) is 0 Å². The SMILES string of the molecule is CC(C)CNC(=O)c1nc(C(=O)NCCCc2ccccc2)c2n1CCCC2. The van der Waals surface area contributed by atoms with E-state index in [2.05, 4.69) is 41.6 Å². The molecule has 0 bridgehead atoms. The molecule has 0 atom stereocenters. The molecule has 1 aliphatic heterocycles. The number of fused-ring (bicyclic) bond motifs is 1. The summed E-state index contributed by atoms with van der Waals surface area (Å²) < 4.78 is 1.93. The third kappa shape index (κ3) is 5.00. The number of amides is 2. The van der Waals surface area contributed by atoms with Crippen LogP contribution >= 0.6 is 0 Å². The lowest BCUT2D eigenvalue weighted by Crippen LogP contribution is -2.30. The van der Waals surface area contributed by atoms with Gasteiger partial charge in [0.2, 0.25) is 0 Å². The van der Waals surface area contributed by atoms with Crippen molar-refractivity contribution in [2.75, 3.05) is 13.1 Å². The lowest BCUT2D eigenvalue weighted by molar-refractivity contribution is 0.0933. The van der Waals surface area contributed by atoms with Crippen molar-refractivity contribution in [2.45, 2.75) is 52.5 Å². The Morgan fingerprint density at radius 1 is 1.11 bits per heavy atom. The number of hydrogen-bond donors (Lipinski definition) is 2. The third-order valence-electron chi connectivity index (χ3n) is 4.98. The van der Waals surface area contributed by atoms with Gasteiger partial charge in [-0.05, 0) is 43.6 Å². The quantitative estimate of drug-likeness (QED) is 0.689. The molecule has 2 heterocycles. The monoisotopic (exact) mass is 382 g/mol. The normalized spacial score (nSPS) is 13.2. The molecule has 1 aliphatic rings. The van der Waals surface area contributed by atoms with E-state index in [-0.39, 0.29) is 11.8 Å². The van der Waals surface area contributed by atoms with Crippen molar-refractivity contribution in [1.29, 1.82) is 0 Å². The van der Waals surface area contributed by atoms with Gasteiger partial charge in [0, 0.05) is 19.6 Å². The van der Waals surface area contributed by atoms with Crippen molar-refractivity contribution < 1.29 is 9.59 Å². The van der Waals surface area contributed by atoms with Crippen molar-refractivity contribution in [2.24, 2.45) is 5.92 Å². The van der Waals surface area contributed by atoms with Crippen LogP contribution in [0.15, 0.2) is 30.3 Å². The minimum atomic E-state index is -0.194. The van der Waals surface area contributed by atoms with Gasteiger partial charge in [-0.1, -0.05) is 44.2 Å². The van der Waals surface area contributed by atoms with Crippen LogP contribution in [0.3, 0.4) is 0 Å². The second-order valence-corrected chi connectivity index (χ2v) is 7.79. The first-order valence-corrected chi connectivity index (χ1v) is 10.3. The van der Waals surface area contributed by atoms with E-state index >= 15 is 0 Å². The Morgan fingerprint density at radius 2 is 1.89 bits per heavy atom. The lowest BCUT2D eigenvalue weighted by Gasteiger charge is -2.17. The van der Waals surface area contributed by atoms with Crippen LogP contribution in [0.5, 0.6) is 0 Å². The summed E-state index contributed by atoms with van der Waals surface area (Å²) in [6, 6.07) is 10.2. The van der Waals surface area contributed by atoms with Crippen molar-refractivity contribution in [1.82, 2.24) is 20.2 Å². The summed E-state index contributed by atoms with van der Waals surface area (Å²) in [5.74, 6) is 0.360. The summed E-state index contributed by atoms with van der Waals surface area (Å²) in [6.45, 7) is 6.04. The van der Waals surface area contributed by atoms with Crippen LogP contribution in [0.4, 0.5) is 0 Å². The number of benzene rings is 1. The smallest absolute Gasteiger partial charge is 0.287 e. The molecule has 1 aromatic carbocycles. The second-order valence-electron chi connectivity index (χ2n) is 7.79. The molecule has 0 unspecified atom stereocenters. The highest BCUT2D eigenvalue weighted by atomic mass is 16.2. The summed E-state index contributed by atoms with van der Waals surface area (Å²) in [4.78, 5) is 29.7. The van der Waals surface area contributed by atoms with Gasteiger partial charge in [-0.2, -0.15) is 0 Å². The summed E-state index contributed by atoms with van der Waals surface area (Å²) in [5.41, 5.74) is 2.57. The molecule has 1 aromatic heterocycles. The molecule has 150 valence electrons. The number of carbonyl (C=O) groups excluding carboxylic acids is 2. The van der Waals surface area contributed by atoms with E-state index in [1.165, 1.54) is 5.56 Å². The van der Waals surface area contributed by atoms with Crippen molar-refractivity contribution in [3.8, 4) is 0 Å². The molecule has 0 saturated carbocycles. The van der Waals surface area contributed by atoms with Crippen LogP contribution in [-0.2, 0) is 19.4 Å². The Bertz CT molecular complexity index is 811. The number of rotatable bonds is 8. The third-order valence-corrected chi connectivity index (χ3v) is 4.98. The maximum atomic E-state index is 12.7. The molecular formula is C22H30N4O2. The average molecular weight is 383 g/mol. The van der Waals surface area contributed by atoms with E-state index < -0.39 is 0 Å². The molecule has 0 radical (unpaired) electrons. The van der Waals surface area contributed by atoms with Gasteiger partial charge in [0.1, 0.15) is 5.69 Å². The van der Waals surface area contributed by atoms with Gasteiger partial charge in [-0.25, -0.2) is 4.98 Å². The minimum Gasteiger partial charge on any atom is -0.351 e. The van der Waals surface area contributed by atoms with Gasteiger partial charge in [0.15, 0.2) is 5.82 Å². The molecule has 2 aromatic rings. The van der Waals surface area contributed by atoms with Crippen molar-refractivity contribution >= 4 is 11.8 Å². The van der Waals surface area contributed by atoms with Gasteiger partial charge in [0.25, 0.3) is 11.8 Å². The zero-order valence-corrected chi connectivity index (χ0v) is 16.8. The molecule has 0 saturated heterocycles. The summed E-state index contributed by atoms with van der Waals surface area (Å²) in [7, 11) is 0. The zero-order valence-electron chi connectivity index (χ0n) is 16.8. The number of aryl methyl sites for hydroxylation is 1. The standard InChI is InChI=1S/C22H30N4O2/c1-16(2)15-24-22(28)20-25-19(18-12-6-7-14-26(18)20)21(27)23-13-8-11-17-9-4-3-5-10-17/h3-5,9-10,16H,6-8,11-15H2,1-2H3,(H,23,27)(H,24,28). The van der Waals surface area contributed by atoms with Crippen LogP contribution in [-0.4, -0.2) is 34.5 Å². The number of nitrogens with one attached hydrogen (secondary N) is 2. The fourth-order valence-electron chi connectivity index (χ4n) is 3.50. The van der Waals surface area contributed by atoms with Gasteiger partial charge in [-0.3, -0.25) is 9.59 Å². The molecule has 6 nitrogen and oxygen atoms in total. The first kappa shape index (κ1) is 20.1. The number of nitrogens with zero attached hydrogens (tertiary/aromatic N) is 2. The number of aromatic nitrogens is 2. The Labute approximate surface area is 166 Å². The summed E-state index contributed by atoms with van der Waals surface area (Å²) in [5, 5.41) is 5.89. The Morgan fingerprint density at radius 3 is 2.64 bits per heavy atom. The van der Waals surface area contributed by atoms with Gasteiger partial charge < -0.3 is 15.2 Å². The molecule has 3 rings (SSSR count). The molecule has 28 heavy (non-hydrogen) atoms. The van der Waals surface area contributed by atoms with Crippen molar-refractivity contribution in [3.05, 3.63) is 53.1 Å². The van der Waals surface area contributed by atoms with E-state index in [9.17, 15) is 9.59 Å². The topological polar surface area (TPSA) is 76.0 Å². The summed E-state index contributed by atoms with van der Waals surface area (Å²) >= 11 is 0. The number of hydrogen-bond acceptors (Lipinski definition) is 3. The largest absolute Gasteiger partial charge is 0.351 e. The number of carbonyl (C=O) groups is 2. The average Bonchev–Trinajstić information content (AvgIpc) is 3.10. The number of imidazole rings is 1. The van der Waals surface area contributed by atoms with E-state index in [1.54, 1.807) is 0 Å². The Balaban J connectivity index is 1.63. The van der Waals surface area contributed by atoms with E-state index in [4.69, 9.17) is 0 Å². The fourth-order valence-corrected chi connectivity index (χ4v) is 3.50. The maximum absolute atomic E-state index is 12.7. The second kappa shape index (κ2) is 9.53. The molecule has 0 spiro atoms. The Kier molecular flexibility index (Phi) is 6.85. The molecule has 0 aliphatic carbocycles. The first-order chi connectivity index (χ1) is 13.6. The summed E-state index contributed by atoms with van der Waals surface area (Å²) in [6.07, 6.45) is 4.61. The predicted molar refractivity (Wildman–Crippen MR) is 109 cm³/mol. The highest BCUT2D eigenvalue weighted by Crippen LogP contribution is 2.21. The minimum absolute atomic E-state index is 0.179. The van der Waals surface area contributed by atoms with Crippen LogP contribution in [0, 0.1) is 5.92 Å². The maximum Gasteiger partial charge on any atom is 0.287 e. The molecule has 2 N–H and O–H groups in total. The Hall–Kier alpha value is -2.63. The molecular weight excluding hydrogens is 352 g/mol. The van der Waals surface area contributed by atoms with E-state index in [0.29, 0.717) is 30.5 Å². The molecule has 2 amide bonds. The van der Waals surface area contributed by atoms with E-state index in [0.717, 1.165) is 44.3 Å². The molecule has 6 heteroatoms. The van der Waals surface area contributed by atoms with E-state index in [1.807, 2.05) is 22.8 Å². The lowest BCUT2D eigenvalue weighted by atomic mass is 10.1. The highest BCUT2D eigenvalue weighted by molar-refractivity contribution is 5.97. The molecule has 0 fully saturated rings. The van der Waals surface area contributed by atoms with Crippen LogP contribution in [0.25, 0.3) is 0 Å². The van der Waals surface area contributed by atoms with Crippen LogP contribution < -0.4 is 10.6 Å². The van der Waals surface area contributed by atoms with Crippen LogP contribution in [0.1, 0.15) is 65.5 Å². The zero-order chi connectivity index (χ0) is 19.9.